The van der Waals surface area contributed by atoms with Crippen molar-refractivity contribution >= 4 is 23.4 Å². The second-order valence-corrected chi connectivity index (χ2v) is 9.16. The Kier molecular flexibility index (Phi) is 6.37. The van der Waals surface area contributed by atoms with Gasteiger partial charge in [0, 0.05) is 5.56 Å². The van der Waals surface area contributed by atoms with Gasteiger partial charge in [0.15, 0.2) is 22.5 Å². The third-order valence-corrected chi connectivity index (χ3v) is 6.56. The van der Waals surface area contributed by atoms with E-state index in [-0.39, 0.29) is 12.7 Å². The largest absolute Gasteiger partial charge is 0.454 e. The van der Waals surface area contributed by atoms with Crippen molar-refractivity contribution in [3.63, 3.8) is 0 Å². The number of hydrogen-bond donors (Lipinski definition) is 1. The number of carbonyl (C=O) groups excluding carboxylic acids is 1. The Morgan fingerprint density at radius 3 is 2.69 bits per heavy atom. The lowest BCUT2D eigenvalue weighted by Crippen LogP contribution is -2.23. The zero-order chi connectivity index (χ0) is 24.2. The second-order valence-electron chi connectivity index (χ2n) is 7.85. The molecular formula is C26H21N5O3S. The summed E-state index contributed by atoms with van der Waals surface area (Å²) in [6.45, 7) is 2.50. The first-order valence-electron chi connectivity index (χ1n) is 11.0. The van der Waals surface area contributed by atoms with E-state index >= 15 is 0 Å². The SMILES string of the molecule is C[C@@H](Sc1nnc(-c2ccccc2)n1Cc1ccc2c(c1)OCO2)C(=O)Nc1ccccc1C#N. The molecule has 0 spiro atoms. The van der Waals surface area contributed by atoms with E-state index in [2.05, 4.69) is 21.6 Å². The molecule has 4 aromatic rings. The lowest BCUT2D eigenvalue weighted by Gasteiger charge is -2.15. The topological polar surface area (TPSA) is 102 Å². The quantitative estimate of drug-likeness (QED) is 0.380. The van der Waals surface area contributed by atoms with E-state index in [1.54, 1.807) is 31.2 Å². The van der Waals surface area contributed by atoms with Crippen molar-refractivity contribution in [3.8, 4) is 29.0 Å². The number of hydrogen-bond acceptors (Lipinski definition) is 7. The predicted molar refractivity (Wildman–Crippen MR) is 132 cm³/mol. The molecule has 1 aromatic heterocycles. The van der Waals surface area contributed by atoms with Gasteiger partial charge in [-0.2, -0.15) is 5.26 Å². The fourth-order valence-corrected chi connectivity index (χ4v) is 4.53. The van der Waals surface area contributed by atoms with Crippen molar-refractivity contribution in [2.24, 2.45) is 0 Å². The Hall–Kier alpha value is -4.29. The van der Waals surface area contributed by atoms with Crippen LogP contribution in [0.1, 0.15) is 18.1 Å². The molecular weight excluding hydrogens is 462 g/mol. The lowest BCUT2D eigenvalue weighted by molar-refractivity contribution is -0.115. The molecule has 0 bridgehead atoms. The summed E-state index contributed by atoms with van der Waals surface area (Å²) in [5.41, 5.74) is 2.82. The van der Waals surface area contributed by atoms with Crippen LogP contribution >= 0.6 is 11.8 Å². The highest BCUT2D eigenvalue weighted by molar-refractivity contribution is 8.00. The predicted octanol–water partition coefficient (Wildman–Crippen LogP) is 4.71. The summed E-state index contributed by atoms with van der Waals surface area (Å²) in [5.74, 6) is 1.90. The van der Waals surface area contributed by atoms with Crippen LogP contribution in [0.25, 0.3) is 11.4 Å². The third-order valence-electron chi connectivity index (χ3n) is 5.48. The van der Waals surface area contributed by atoms with Crippen LogP contribution in [0.5, 0.6) is 11.5 Å². The van der Waals surface area contributed by atoms with E-state index in [9.17, 15) is 10.1 Å². The number of aromatic nitrogens is 3. The molecule has 1 atom stereocenters. The Bertz CT molecular complexity index is 1410. The van der Waals surface area contributed by atoms with Crippen LogP contribution < -0.4 is 14.8 Å². The first kappa shape index (κ1) is 22.5. The van der Waals surface area contributed by atoms with Crippen molar-refractivity contribution in [1.82, 2.24) is 14.8 Å². The van der Waals surface area contributed by atoms with E-state index in [1.165, 1.54) is 11.8 Å². The normalized spacial score (nSPS) is 12.7. The number of para-hydroxylation sites is 1. The van der Waals surface area contributed by atoms with Crippen molar-refractivity contribution in [3.05, 3.63) is 83.9 Å². The molecule has 1 N–H and O–H groups in total. The van der Waals surface area contributed by atoms with Gasteiger partial charge in [-0.15, -0.1) is 10.2 Å². The van der Waals surface area contributed by atoms with E-state index in [0.717, 1.165) is 16.9 Å². The van der Waals surface area contributed by atoms with Crippen molar-refractivity contribution in [1.29, 1.82) is 5.26 Å². The van der Waals surface area contributed by atoms with Crippen LogP contribution in [-0.4, -0.2) is 32.7 Å². The van der Waals surface area contributed by atoms with Crippen LogP contribution in [0.4, 0.5) is 5.69 Å². The fraction of sp³-hybridized carbons (Fsp3) is 0.154. The molecule has 0 saturated heterocycles. The average molecular weight is 484 g/mol. The highest BCUT2D eigenvalue weighted by Crippen LogP contribution is 2.34. The maximum atomic E-state index is 12.9. The number of ether oxygens (including phenoxy) is 2. The number of fused-ring (bicyclic) bond motifs is 1. The molecule has 9 heteroatoms. The van der Waals surface area contributed by atoms with Gasteiger partial charge in [0.25, 0.3) is 0 Å². The van der Waals surface area contributed by atoms with Gasteiger partial charge >= 0.3 is 0 Å². The van der Waals surface area contributed by atoms with Crippen LogP contribution in [-0.2, 0) is 11.3 Å². The molecule has 174 valence electrons. The van der Waals surface area contributed by atoms with Gasteiger partial charge in [-0.25, -0.2) is 0 Å². The Balaban J connectivity index is 1.42. The first-order valence-corrected chi connectivity index (χ1v) is 11.8. The maximum absolute atomic E-state index is 12.9. The van der Waals surface area contributed by atoms with Crippen molar-refractivity contribution in [2.75, 3.05) is 12.1 Å². The molecule has 1 aliphatic heterocycles. The summed E-state index contributed by atoms with van der Waals surface area (Å²) in [4.78, 5) is 12.9. The fourth-order valence-electron chi connectivity index (χ4n) is 3.68. The smallest absolute Gasteiger partial charge is 0.237 e. The summed E-state index contributed by atoms with van der Waals surface area (Å²) in [7, 11) is 0. The molecule has 0 unspecified atom stereocenters. The van der Waals surface area contributed by atoms with E-state index in [4.69, 9.17) is 9.47 Å². The molecule has 0 radical (unpaired) electrons. The Morgan fingerprint density at radius 1 is 1.09 bits per heavy atom. The second kappa shape index (κ2) is 9.91. The number of nitriles is 1. The van der Waals surface area contributed by atoms with Crippen molar-refractivity contribution < 1.29 is 14.3 Å². The molecule has 8 nitrogen and oxygen atoms in total. The molecule has 0 fully saturated rings. The number of nitrogens with zero attached hydrogens (tertiary/aromatic N) is 4. The van der Waals surface area contributed by atoms with E-state index < -0.39 is 5.25 Å². The number of thioether (sulfide) groups is 1. The number of anilines is 1. The highest BCUT2D eigenvalue weighted by atomic mass is 32.2. The maximum Gasteiger partial charge on any atom is 0.237 e. The van der Waals surface area contributed by atoms with Crippen molar-refractivity contribution in [2.45, 2.75) is 23.9 Å². The van der Waals surface area contributed by atoms with Crippen LogP contribution in [0.15, 0.2) is 78.0 Å². The standard InChI is InChI=1S/C26H21N5O3S/c1-17(25(32)28-21-10-6-5-9-20(21)14-27)35-26-30-29-24(19-7-3-2-4-8-19)31(26)15-18-11-12-22-23(13-18)34-16-33-22/h2-13,17H,15-16H2,1H3,(H,28,32)/t17-/m1/s1. The lowest BCUT2D eigenvalue weighted by atomic mass is 10.2. The van der Waals surface area contributed by atoms with E-state index in [1.807, 2.05) is 53.1 Å². The molecule has 2 heterocycles. The highest BCUT2D eigenvalue weighted by Gasteiger charge is 2.22. The minimum Gasteiger partial charge on any atom is -0.454 e. The first-order chi connectivity index (χ1) is 17.1. The van der Waals surface area contributed by atoms with E-state index in [0.29, 0.717) is 34.5 Å². The molecule has 0 saturated carbocycles. The number of benzene rings is 3. The van der Waals surface area contributed by atoms with Gasteiger partial charge in [-0.3, -0.25) is 9.36 Å². The molecule has 0 aliphatic carbocycles. The Morgan fingerprint density at radius 2 is 1.86 bits per heavy atom. The molecule has 35 heavy (non-hydrogen) atoms. The number of carbonyl (C=O) groups is 1. The number of nitrogens with one attached hydrogen (secondary N) is 1. The molecule has 3 aromatic carbocycles. The monoisotopic (exact) mass is 483 g/mol. The summed E-state index contributed by atoms with van der Waals surface area (Å²) < 4.78 is 12.9. The van der Waals surface area contributed by atoms with Gasteiger partial charge in [-0.05, 0) is 36.8 Å². The van der Waals surface area contributed by atoms with Crippen LogP contribution in [0.3, 0.4) is 0 Å². The van der Waals surface area contributed by atoms with Gasteiger partial charge in [0.1, 0.15) is 6.07 Å². The van der Waals surface area contributed by atoms with Crippen LogP contribution in [0.2, 0.25) is 0 Å². The zero-order valence-corrected chi connectivity index (χ0v) is 19.7. The van der Waals surface area contributed by atoms with Gasteiger partial charge in [0.2, 0.25) is 12.7 Å². The Labute approximate surface area is 206 Å². The van der Waals surface area contributed by atoms with Gasteiger partial charge < -0.3 is 14.8 Å². The molecule has 5 rings (SSSR count). The zero-order valence-electron chi connectivity index (χ0n) is 18.8. The number of amides is 1. The third kappa shape index (κ3) is 4.83. The minimum absolute atomic E-state index is 0.212. The number of rotatable bonds is 7. The van der Waals surface area contributed by atoms with Gasteiger partial charge in [-0.1, -0.05) is 60.3 Å². The summed E-state index contributed by atoms with van der Waals surface area (Å²) in [5, 5.41) is 21.1. The summed E-state index contributed by atoms with van der Waals surface area (Å²) in [6.07, 6.45) is 0. The minimum atomic E-state index is -0.481. The van der Waals surface area contributed by atoms with Gasteiger partial charge in [0.05, 0.1) is 23.0 Å². The van der Waals surface area contributed by atoms with Crippen LogP contribution in [0, 0.1) is 11.3 Å². The summed E-state index contributed by atoms with van der Waals surface area (Å²) in [6, 6.07) is 24.6. The molecule has 1 aliphatic rings. The summed E-state index contributed by atoms with van der Waals surface area (Å²) >= 11 is 1.31. The average Bonchev–Trinajstić information content (AvgIpc) is 3.51. The molecule has 1 amide bonds.